The molecule has 2 aromatic rings. The number of fused-ring (bicyclic) bond motifs is 1. The van der Waals surface area contributed by atoms with Crippen molar-refractivity contribution in [2.45, 2.75) is 0 Å². The van der Waals surface area contributed by atoms with Crippen LogP contribution < -0.4 is 11.1 Å². The number of carbonyl (C=O) groups excluding carboxylic acids is 1. The van der Waals surface area contributed by atoms with Crippen molar-refractivity contribution in [2.75, 3.05) is 12.8 Å². The van der Waals surface area contributed by atoms with Gasteiger partial charge in [0.25, 0.3) is 5.91 Å². The van der Waals surface area contributed by atoms with Crippen molar-refractivity contribution in [3.8, 4) is 0 Å². The number of aromatic nitrogens is 1. The molecule has 0 aliphatic carbocycles. The third kappa shape index (κ3) is 1.61. The Morgan fingerprint density at radius 1 is 1.40 bits per heavy atom. The van der Waals surface area contributed by atoms with Crippen molar-refractivity contribution in [2.24, 2.45) is 0 Å². The van der Waals surface area contributed by atoms with Gasteiger partial charge in [-0.25, -0.2) is 0 Å². The second-order valence-electron chi connectivity index (χ2n) is 3.22. The maximum absolute atomic E-state index is 11.5. The SMILES string of the molecule is CNC(=O)c1nccc2cc(N)ccc12. The summed E-state index contributed by atoms with van der Waals surface area (Å²) in [7, 11) is 1.58. The van der Waals surface area contributed by atoms with Crippen molar-refractivity contribution < 1.29 is 4.79 Å². The number of nitrogens with zero attached hydrogens (tertiary/aromatic N) is 1. The maximum Gasteiger partial charge on any atom is 0.270 e. The first kappa shape index (κ1) is 9.45. The normalized spacial score (nSPS) is 10.2. The van der Waals surface area contributed by atoms with E-state index in [1.165, 1.54) is 0 Å². The predicted octanol–water partition coefficient (Wildman–Crippen LogP) is 1.18. The zero-order valence-corrected chi connectivity index (χ0v) is 8.32. The Labute approximate surface area is 87.1 Å². The molecule has 2 rings (SSSR count). The molecular formula is C11H11N3O. The van der Waals surface area contributed by atoms with Crippen LogP contribution in [0.25, 0.3) is 10.8 Å². The van der Waals surface area contributed by atoms with Crippen LogP contribution in [0.3, 0.4) is 0 Å². The molecule has 0 unspecified atom stereocenters. The zero-order chi connectivity index (χ0) is 10.8. The second kappa shape index (κ2) is 3.57. The lowest BCUT2D eigenvalue weighted by Gasteiger charge is -2.04. The molecule has 76 valence electrons. The van der Waals surface area contributed by atoms with Gasteiger partial charge >= 0.3 is 0 Å². The molecule has 1 aromatic heterocycles. The lowest BCUT2D eigenvalue weighted by atomic mass is 10.1. The molecule has 0 fully saturated rings. The average molecular weight is 201 g/mol. The molecule has 0 atom stereocenters. The highest BCUT2D eigenvalue weighted by molar-refractivity contribution is 6.05. The van der Waals surface area contributed by atoms with Crippen molar-refractivity contribution in [3.63, 3.8) is 0 Å². The van der Waals surface area contributed by atoms with Gasteiger partial charge in [0.05, 0.1) is 0 Å². The number of pyridine rings is 1. The van der Waals surface area contributed by atoms with Crippen LogP contribution in [0.15, 0.2) is 30.5 Å². The summed E-state index contributed by atoms with van der Waals surface area (Å²) in [6.07, 6.45) is 1.60. The largest absolute Gasteiger partial charge is 0.399 e. The molecule has 0 bridgehead atoms. The Bertz CT molecular complexity index is 522. The van der Waals surface area contributed by atoms with E-state index in [4.69, 9.17) is 5.73 Å². The first-order chi connectivity index (χ1) is 7.22. The molecule has 1 amide bonds. The fourth-order valence-electron chi connectivity index (χ4n) is 1.50. The minimum absolute atomic E-state index is 0.189. The number of anilines is 1. The third-order valence-electron chi connectivity index (χ3n) is 2.23. The van der Waals surface area contributed by atoms with Crippen molar-refractivity contribution in [3.05, 3.63) is 36.2 Å². The number of benzene rings is 1. The van der Waals surface area contributed by atoms with Gasteiger partial charge < -0.3 is 11.1 Å². The quantitative estimate of drug-likeness (QED) is 0.681. The highest BCUT2D eigenvalue weighted by Gasteiger charge is 2.09. The molecule has 0 saturated carbocycles. The summed E-state index contributed by atoms with van der Waals surface area (Å²) < 4.78 is 0. The minimum atomic E-state index is -0.189. The van der Waals surface area contributed by atoms with Crippen LogP contribution in [0.1, 0.15) is 10.5 Å². The summed E-state index contributed by atoms with van der Waals surface area (Å²) in [4.78, 5) is 15.6. The number of hydrogen-bond acceptors (Lipinski definition) is 3. The summed E-state index contributed by atoms with van der Waals surface area (Å²) >= 11 is 0. The molecule has 1 heterocycles. The second-order valence-corrected chi connectivity index (χ2v) is 3.22. The van der Waals surface area contributed by atoms with Crippen LogP contribution in [-0.4, -0.2) is 17.9 Å². The molecule has 4 nitrogen and oxygen atoms in total. The van der Waals surface area contributed by atoms with E-state index in [2.05, 4.69) is 10.3 Å². The molecule has 0 spiro atoms. The summed E-state index contributed by atoms with van der Waals surface area (Å²) in [5, 5.41) is 4.29. The molecule has 0 aliphatic rings. The van der Waals surface area contributed by atoms with Gasteiger partial charge in [0, 0.05) is 24.3 Å². The van der Waals surface area contributed by atoms with E-state index < -0.39 is 0 Å². The summed E-state index contributed by atoms with van der Waals surface area (Å²) in [6, 6.07) is 7.22. The van der Waals surface area contributed by atoms with Crippen LogP contribution in [0.5, 0.6) is 0 Å². The zero-order valence-electron chi connectivity index (χ0n) is 8.32. The van der Waals surface area contributed by atoms with Gasteiger partial charge in [-0.15, -0.1) is 0 Å². The van der Waals surface area contributed by atoms with Gasteiger partial charge in [0.1, 0.15) is 5.69 Å². The Balaban J connectivity index is 2.71. The highest BCUT2D eigenvalue weighted by atomic mass is 16.1. The van der Waals surface area contributed by atoms with Crippen LogP contribution in [0.4, 0.5) is 5.69 Å². The van der Waals surface area contributed by atoms with Gasteiger partial charge in [0.2, 0.25) is 0 Å². The van der Waals surface area contributed by atoms with E-state index >= 15 is 0 Å². The lowest BCUT2D eigenvalue weighted by molar-refractivity contribution is 0.0960. The van der Waals surface area contributed by atoms with E-state index in [-0.39, 0.29) is 5.91 Å². The van der Waals surface area contributed by atoms with Crippen LogP contribution in [-0.2, 0) is 0 Å². The van der Waals surface area contributed by atoms with E-state index in [0.29, 0.717) is 11.4 Å². The number of carbonyl (C=O) groups is 1. The number of hydrogen-bond donors (Lipinski definition) is 2. The van der Waals surface area contributed by atoms with Gasteiger partial charge in [-0.2, -0.15) is 0 Å². The molecule has 0 saturated heterocycles. The molecule has 0 aliphatic heterocycles. The van der Waals surface area contributed by atoms with Gasteiger partial charge in [-0.3, -0.25) is 9.78 Å². The Kier molecular flexibility index (Phi) is 2.25. The monoisotopic (exact) mass is 201 g/mol. The van der Waals surface area contributed by atoms with Crippen LogP contribution >= 0.6 is 0 Å². The predicted molar refractivity (Wildman–Crippen MR) is 59.5 cm³/mol. The fraction of sp³-hybridized carbons (Fsp3) is 0.0909. The number of nitrogens with two attached hydrogens (primary N) is 1. The molecule has 1 aromatic carbocycles. The lowest BCUT2D eigenvalue weighted by Crippen LogP contribution is -2.19. The van der Waals surface area contributed by atoms with Gasteiger partial charge in [0.15, 0.2) is 0 Å². The molecule has 15 heavy (non-hydrogen) atoms. The molecular weight excluding hydrogens is 190 g/mol. The van der Waals surface area contributed by atoms with Gasteiger partial charge in [-0.1, -0.05) is 0 Å². The van der Waals surface area contributed by atoms with Crippen molar-refractivity contribution >= 4 is 22.4 Å². The topological polar surface area (TPSA) is 68.0 Å². The first-order valence-electron chi connectivity index (χ1n) is 4.58. The first-order valence-corrected chi connectivity index (χ1v) is 4.58. The number of nitrogens with one attached hydrogen (secondary N) is 1. The van der Waals surface area contributed by atoms with E-state index in [1.807, 2.05) is 18.2 Å². The highest BCUT2D eigenvalue weighted by Crippen LogP contribution is 2.19. The van der Waals surface area contributed by atoms with Crippen LogP contribution in [0.2, 0.25) is 0 Å². The fourth-order valence-corrected chi connectivity index (χ4v) is 1.50. The average Bonchev–Trinajstić information content (AvgIpc) is 2.26. The molecule has 3 N–H and O–H groups in total. The number of nitrogen functional groups attached to an aromatic ring is 1. The van der Waals surface area contributed by atoms with Crippen molar-refractivity contribution in [1.82, 2.24) is 10.3 Å². The minimum Gasteiger partial charge on any atom is -0.399 e. The van der Waals surface area contributed by atoms with E-state index in [9.17, 15) is 4.79 Å². The summed E-state index contributed by atoms with van der Waals surface area (Å²) in [5.41, 5.74) is 6.76. The third-order valence-corrected chi connectivity index (χ3v) is 2.23. The Morgan fingerprint density at radius 3 is 2.93 bits per heavy atom. The Morgan fingerprint density at radius 2 is 2.20 bits per heavy atom. The Hall–Kier alpha value is -2.10. The summed E-state index contributed by atoms with van der Waals surface area (Å²) in [5.74, 6) is -0.189. The standard InChI is InChI=1S/C11H11N3O/c1-13-11(15)10-9-3-2-8(12)6-7(9)4-5-14-10/h2-6H,12H2,1H3,(H,13,15). The van der Waals surface area contributed by atoms with Crippen molar-refractivity contribution in [1.29, 1.82) is 0 Å². The summed E-state index contributed by atoms with van der Waals surface area (Å²) in [6.45, 7) is 0. The van der Waals surface area contributed by atoms with E-state index in [1.54, 1.807) is 19.3 Å². The number of amides is 1. The van der Waals surface area contributed by atoms with E-state index in [0.717, 1.165) is 10.8 Å². The molecule has 4 heteroatoms. The smallest absolute Gasteiger partial charge is 0.270 e. The van der Waals surface area contributed by atoms with Crippen LogP contribution in [0, 0.1) is 0 Å². The number of rotatable bonds is 1. The molecule has 0 radical (unpaired) electrons. The van der Waals surface area contributed by atoms with Gasteiger partial charge in [-0.05, 0) is 29.7 Å². The maximum atomic E-state index is 11.5.